The van der Waals surface area contributed by atoms with E-state index in [1.54, 1.807) is 18.2 Å². The van der Waals surface area contributed by atoms with Crippen LogP contribution in [0.5, 0.6) is 0 Å². The van der Waals surface area contributed by atoms with E-state index in [4.69, 9.17) is 34.5 Å². The number of carbonyl (C=O) groups excluding carboxylic acids is 1. The number of nitrogens with two attached hydrogens (primary N) is 1. The lowest BCUT2D eigenvalue weighted by molar-refractivity contribution is -0.120. The molecule has 8 heteroatoms. The standard InChI is InChI=1S/C11H13Cl2N5O/c12-8-4-1-3-7(9(8)13)10(11(14)19)16-5-2-6-17-18-15/h1,3-4,10,16H,2,5-6H2,(H2,14,19). The summed E-state index contributed by atoms with van der Waals surface area (Å²) in [6, 6.07) is 4.29. The minimum atomic E-state index is -0.725. The lowest BCUT2D eigenvalue weighted by Gasteiger charge is -2.17. The Labute approximate surface area is 120 Å². The molecular weight excluding hydrogens is 289 g/mol. The number of primary amides is 1. The predicted octanol–water partition coefficient (Wildman–Crippen LogP) is 2.81. The zero-order valence-corrected chi connectivity index (χ0v) is 11.5. The van der Waals surface area contributed by atoms with E-state index >= 15 is 0 Å². The number of hydrogen-bond donors (Lipinski definition) is 2. The van der Waals surface area contributed by atoms with Gasteiger partial charge < -0.3 is 11.1 Å². The van der Waals surface area contributed by atoms with Gasteiger partial charge in [-0.1, -0.05) is 40.4 Å². The Morgan fingerprint density at radius 3 is 2.89 bits per heavy atom. The quantitative estimate of drug-likeness (QED) is 0.350. The third-order valence-electron chi connectivity index (χ3n) is 2.42. The Hall–Kier alpha value is -1.46. The molecule has 1 amide bonds. The second-order valence-corrected chi connectivity index (χ2v) is 4.53. The van der Waals surface area contributed by atoms with Crippen molar-refractivity contribution in [2.24, 2.45) is 10.8 Å². The molecule has 1 aromatic carbocycles. The normalized spacial score (nSPS) is 11.7. The van der Waals surface area contributed by atoms with Crippen molar-refractivity contribution >= 4 is 29.1 Å². The van der Waals surface area contributed by atoms with Gasteiger partial charge in [0.25, 0.3) is 0 Å². The molecule has 0 aromatic heterocycles. The Kier molecular flexibility index (Phi) is 6.45. The summed E-state index contributed by atoms with van der Waals surface area (Å²) in [5.74, 6) is -0.548. The first kappa shape index (κ1) is 15.6. The molecule has 3 N–H and O–H groups in total. The molecule has 0 radical (unpaired) electrons. The van der Waals surface area contributed by atoms with Gasteiger partial charge in [-0.2, -0.15) is 0 Å². The summed E-state index contributed by atoms with van der Waals surface area (Å²) in [6.07, 6.45) is 0.589. The fourth-order valence-electron chi connectivity index (χ4n) is 1.55. The molecule has 0 saturated heterocycles. The first-order chi connectivity index (χ1) is 9.07. The van der Waals surface area contributed by atoms with Crippen LogP contribution in [0.4, 0.5) is 0 Å². The van der Waals surface area contributed by atoms with Crippen LogP contribution in [0, 0.1) is 0 Å². The summed E-state index contributed by atoms with van der Waals surface area (Å²) >= 11 is 11.9. The van der Waals surface area contributed by atoms with Crippen molar-refractivity contribution in [2.45, 2.75) is 12.5 Å². The number of benzene rings is 1. The molecule has 0 aliphatic rings. The van der Waals surface area contributed by atoms with Gasteiger partial charge >= 0.3 is 0 Å². The molecule has 0 spiro atoms. The summed E-state index contributed by atoms with van der Waals surface area (Å²) < 4.78 is 0. The molecule has 0 bridgehead atoms. The van der Waals surface area contributed by atoms with Crippen molar-refractivity contribution in [3.8, 4) is 0 Å². The largest absolute Gasteiger partial charge is 0.368 e. The molecule has 0 aliphatic heterocycles. The third kappa shape index (κ3) is 4.61. The molecule has 1 aromatic rings. The lowest BCUT2D eigenvalue weighted by atomic mass is 10.1. The summed E-state index contributed by atoms with van der Waals surface area (Å²) in [6.45, 7) is 0.813. The monoisotopic (exact) mass is 301 g/mol. The smallest absolute Gasteiger partial charge is 0.239 e. The molecule has 1 atom stereocenters. The molecule has 6 nitrogen and oxygen atoms in total. The highest BCUT2D eigenvalue weighted by Crippen LogP contribution is 2.29. The average Bonchev–Trinajstić information content (AvgIpc) is 2.37. The summed E-state index contributed by atoms with van der Waals surface area (Å²) in [4.78, 5) is 14.1. The van der Waals surface area contributed by atoms with Crippen LogP contribution in [0.25, 0.3) is 10.4 Å². The highest BCUT2D eigenvalue weighted by molar-refractivity contribution is 6.42. The maximum Gasteiger partial charge on any atom is 0.239 e. The average molecular weight is 302 g/mol. The summed E-state index contributed by atoms with van der Waals surface area (Å²) in [5, 5.41) is 7.02. The first-order valence-corrected chi connectivity index (χ1v) is 6.31. The van der Waals surface area contributed by atoms with Crippen molar-refractivity contribution in [1.29, 1.82) is 0 Å². The van der Waals surface area contributed by atoms with Crippen LogP contribution in [-0.4, -0.2) is 19.0 Å². The predicted molar refractivity (Wildman–Crippen MR) is 75.0 cm³/mol. The Bertz CT molecular complexity index is 502. The fraction of sp³-hybridized carbons (Fsp3) is 0.364. The van der Waals surface area contributed by atoms with Gasteiger partial charge in [0.05, 0.1) is 10.0 Å². The number of nitrogens with zero attached hydrogens (tertiary/aromatic N) is 3. The molecule has 102 valence electrons. The highest BCUT2D eigenvalue weighted by atomic mass is 35.5. The SMILES string of the molecule is [N-]=[N+]=NCCCNC(C(N)=O)c1cccc(Cl)c1Cl. The van der Waals surface area contributed by atoms with E-state index in [2.05, 4.69) is 15.3 Å². The first-order valence-electron chi connectivity index (χ1n) is 5.55. The number of halogens is 2. The molecular formula is C11H13Cl2N5O. The Morgan fingerprint density at radius 2 is 2.26 bits per heavy atom. The van der Waals surface area contributed by atoms with E-state index in [1.807, 2.05) is 0 Å². The fourth-order valence-corrected chi connectivity index (χ4v) is 1.97. The summed E-state index contributed by atoms with van der Waals surface area (Å²) in [7, 11) is 0. The van der Waals surface area contributed by atoms with Crippen LogP contribution < -0.4 is 11.1 Å². The topological polar surface area (TPSA) is 104 Å². The molecule has 0 fully saturated rings. The second-order valence-electron chi connectivity index (χ2n) is 3.74. The van der Waals surface area contributed by atoms with Gasteiger partial charge in [0.15, 0.2) is 0 Å². The molecule has 0 aliphatic carbocycles. The van der Waals surface area contributed by atoms with Crippen molar-refractivity contribution in [1.82, 2.24) is 5.32 Å². The van der Waals surface area contributed by atoms with Crippen LogP contribution in [0.15, 0.2) is 23.3 Å². The number of amides is 1. The van der Waals surface area contributed by atoms with E-state index in [0.29, 0.717) is 35.1 Å². The van der Waals surface area contributed by atoms with E-state index in [-0.39, 0.29) is 0 Å². The summed E-state index contributed by atoms with van der Waals surface area (Å²) in [5.41, 5.74) is 14.0. The van der Waals surface area contributed by atoms with Crippen LogP contribution >= 0.6 is 23.2 Å². The van der Waals surface area contributed by atoms with Crippen molar-refractivity contribution in [2.75, 3.05) is 13.1 Å². The van der Waals surface area contributed by atoms with Crippen molar-refractivity contribution in [3.05, 3.63) is 44.3 Å². The molecule has 0 saturated carbocycles. The van der Waals surface area contributed by atoms with Crippen LogP contribution in [-0.2, 0) is 4.79 Å². The molecule has 19 heavy (non-hydrogen) atoms. The zero-order chi connectivity index (χ0) is 14.3. The highest BCUT2D eigenvalue weighted by Gasteiger charge is 2.20. The van der Waals surface area contributed by atoms with Gasteiger partial charge in [0.1, 0.15) is 6.04 Å². The molecule has 1 unspecified atom stereocenters. The number of azide groups is 1. The van der Waals surface area contributed by atoms with Crippen LogP contribution in [0.1, 0.15) is 18.0 Å². The number of hydrogen-bond acceptors (Lipinski definition) is 3. The number of carbonyl (C=O) groups is 1. The van der Waals surface area contributed by atoms with Gasteiger partial charge in [-0.3, -0.25) is 4.79 Å². The minimum absolute atomic E-state index is 0.301. The lowest BCUT2D eigenvalue weighted by Crippen LogP contribution is -2.34. The number of rotatable bonds is 7. The van der Waals surface area contributed by atoms with E-state index in [9.17, 15) is 4.79 Å². The van der Waals surface area contributed by atoms with Gasteiger partial charge in [-0.25, -0.2) is 0 Å². The van der Waals surface area contributed by atoms with Crippen molar-refractivity contribution in [3.63, 3.8) is 0 Å². The van der Waals surface area contributed by atoms with Crippen LogP contribution in [0.3, 0.4) is 0 Å². The van der Waals surface area contributed by atoms with Gasteiger partial charge in [0, 0.05) is 11.5 Å². The van der Waals surface area contributed by atoms with Gasteiger partial charge in [-0.15, -0.1) is 0 Å². The molecule has 0 heterocycles. The van der Waals surface area contributed by atoms with Gasteiger partial charge in [-0.05, 0) is 30.1 Å². The maximum atomic E-state index is 11.5. The third-order valence-corrected chi connectivity index (χ3v) is 3.26. The van der Waals surface area contributed by atoms with E-state index < -0.39 is 11.9 Å². The Balaban J connectivity index is 2.75. The number of nitrogens with one attached hydrogen (secondary N) is 1. The van der Waals surface area contributed by atoms with Gasteiger partial charge in [0.2, 0.25) is 5.91 Å². The zero-order valence-electron chi connectivity index (χ0n) is 10.0. The molecule has 1 rings (SSSR count). The Morgan fingerprint density at radius 1 is 1.53 bits per heavy atom. The van der Waals surface area contributed by atoms with Crippen LogP contribution in [0.2, 0.25) is 10.0 Å². The second kappa shape index (κ2) is 7.86. The minimum Gasteiger partial charge on any atom is -0.368 e. The maximum absolute atomic E-state index is 11.5. The van der Waals surface area contributed by atoms with E-state index in [0.717, 1.165) is 0 Å². The van der Waals surface area contributed by atoms with Crippen molar-refractivity contribution < 1.29 is 4.79 Å². The van der Waals surface area contributed by atoms with E-state index in [1.165, 1.54) is 0 Å².